The van der Waals surface area contributed by atoms with Crippen molar-refractivity contribution in [3.63, 3.8) is 0 Å². The Morgan fingerprint density at radius 3 is 1.42 bits per heavy atom. The molecule has 1 atom stereocenters. The smallest absolute Gasteiger partial charge is 0.324 e. The highest BCUT2D eigenvalue weighted by atomic mass is 16.7. The van der Waals surface area contributed by atoms with Crippen molar-refractivity contribution in [2.24, 2.45) is 0 Å². The lowest BCUT2D eigenvalue weighted by atomic mass is 9.97. The maximum atomic E-state index is 11.1. The highest BCUT2D eigenvalue weighted by molar-refractivity contribution is 5.65. The second-order valence-electron chi connectivity index (χ2n) is 10.7. The molecule has 4 rings (SSSR count). The Bertz CT molecular complexity index is 1810. The van der Waals surface area contributed by atoms with Crippen molar-refractivity contribution in [3.05, 3.63) is 156 Å². The molecule has 0 amide bonds. The number of non-ortho nitro benzene ring substituents is 2. The van der Waals surface area contributed by atoms with Crippen molar-refractivity contribution >= 4 is 34.1 Å². The van der Waals surface area contributed by atoms with Crippen LogP contribution in [0, 0.1) is 67.6 Å². The van der Waals surface area contributed by atoms with Gasteiger partial charge in [0, 0.05) is 0 Å². The van der Waals surface area contributed by atoms with Crippen molar-refractivity contribution in [1.29, 1.82) is 0 Å². The third kappa shape index (κ3) is 11.2. The van der Waals surface area contributed by atoms with E-state index in [1.165, 1.54) is 21.6 Å². The molecular weight excluding hydrogens is 698 g/mol. The van der Waals surface area contributed by atoms with Gasteiger partial charge in [-0.1, -0.05) is 54.6 Å². The maximum Gasteiger partial charge on any atom is 0.324 e. The minimum Gasteiger partial charge on any atom is -0.863 e. The summed E-state index contributed by atoms with van der Waals surface area (Å²) in [7, 11) is 4.29. The number of phenolic OH excluding ortho intramolecular Hbond substituents is 1. The maximum absolute atomic E-state index is 11.1. The van der Waals surface area contributed by atoms with Crippen LogP contribution >= 0.6 is 0 Å². The molecule has 0 unspecified atom stereocenters. The van der Waals surface area contributed by atoms with E-state index in [9.17, 15) is 65.8 Å². The number of likely N-dealkylation sites (N-methyl/N-ethyl adjacent to an activating group) is 1. The van der Waals surface area contributed by atoms with Gasteiger partial charge < -0.3 is 19.8 Å². The molecule has 22 heteroatoms. The van der Waals surface area contributed by atoms with Gasteiger partial charge >= 0.3 is 11.4 Å². The van der Waals surface area contributed by atoms with Gasteiger partial charge in [0.1, 0.15) is 12.6 Å². The molecule has 274 valence electrons. The van der Waals surface area contributed by atoms with Crippen LogP contribution in [0.15, 0.2) is 78.9 Å². The molecule has 0 aliphatic rings. The molecule has 0 bridgehead atoms. The molecule has 0 aromatic heterocycles. The SMILES string of the molecule is Cc1ccccc1[C@@H](OCC[NH+](C)C)c1ccccc1.O=[N+]([O-])c1cc([N+](=O)[O-])c(O)c([N+](=O)[O-])c1.O=[N+]([O-])c1cc([N+](=O)[O-])c([O-])c([N+](=O)[O-])c1. The van der Waals surface area contributed by atoms with E-state index in [2.05, 4.69) is 69.6 Å². The number of nitro groups is 6. The average molecular weight is 728 g/mol. The van der Waals surface area contributed by atoms with Crippen molar-refractivity contribution in [2.75, 3.05) is 27.2 Å². The Kier molecular flexibility index (Phi) is 14.6. The normalized spacial score (nSPS) is 10.8. The number of nitro benzene ring substituents is 6. The van der Waals surface area contributed by atoms with E-state index in [1.54, 1.807) is 0 Å². The summed E-state index contributed by atoms with van der Waals surface area (Å²) in [5.41, 5.74) is -2.51. The Morgan fingerprint density at radius 1 is 0.635 bits per heavy atom. The van der Waals surface area contributed by atoms with E-state index in [-0.39, 0.29) is 6.10 Å². The van der Waals surface area contributed by atoms with Crippen LogP contribution in [-0.2, 0) is 4.74 Å². The van der Waals surface area contributed by atoms with E-state index < -0.39 is 75.2 Å². The molecule has 0 radical (unpaired) electrons. The number of quaternary nitrogens is 1. The summed E-state index contributed by atoms with van der Waals surface area (Å²) >= 11 is 0. The summed E-state index contributed by atoms with van der Waals surface area (Å²) in [4.78, 5) is 56.7. The van der Waals surface area contributed by atoms with Crippen molar-refractivity contribution in [1.82, 2.24) is 0 Å². The zero-order valence-corrected chi connectivity index (χ0v) is 27.3. The lowest BCUT2D eigenvalue weighted by Gasteiger charge is -2.21. The zero-order chi connectivity index (χ0) is 39.3. The average Bonchev–Trinajstić information content (AvgIpc) is 3.07. The Balaban J connectivity index is 0.000000273. The molecule has 0 aliphatic carbocycles. The predicted molar refractivity (Wildman–Crippen MR) is 177 cm³/mol. The van der Waals surface area contributed by atoms with Gasteiger partial charge in [0.05, 0.1) is 80.3 Å². The number of rotatable bonds is 12. The standard InChI is InChI=1S/C18H23NO.2C6H3N3O7/c1-15-9-7-8-12-17(15)18(20-14-13-19(2)3)16-10-5-4-6-11-16;2*10-6-4(8(13)14)1-3(7(11)12)2-5(6)9(15)16/h4-12,18H,13-14H2,1-3H3;2*1-2,10H/t18-;;/m0../s1. The molecule has 0 saturated heterocycles. The Hall–Kier alpha value is -7.20. The van der Waals surface area contributed by atoms with Gasteiger partial charge in [-0.25, -0.2) is 0 Å². The summed E-state index contributed by atoms with van der Waals surface area (Å²) in [5, 5.41) is 82.3. The number of aryl methyl sites for hydroxylation is 1. The largest absolute Gasteiger partial charge is 0.863 e. The molecule has 0 heterocycles. The van der Waals surface area contributed by atoms with Crippen LogP contribution in [0.1, 0.15) is 22.8 Å². The second kappa shape index (κ2) is 18.5. The van der Waals surface area contributed by atoms with Gasteiger partial charge in [-0.2, -0.15) is 0 Å². The van der Waals surface area contributed by atoms with Crippen LogP contribution in [0.25, 0.3) is 0 Å². The van der Waals surface area contributed by atoms with Crippen LogP contribution in [0.4, 0.5) is 34.1 Å². The number of hydrogen-bond acceptors (Lipinski definition) is 15. The quantitative estimate of drug-likeness (QED) is 0.155. The number of aromatic hydroxyl groups is 1. The summed E-state index contributed by atoms with van der Waals surface area (Å²) < 4.78 is 6.19. The van der Waals surface area contributed by atoms with E-state index in [4.69, 9.17) is 9.84 Å². The van der Waals surface area contributed by atoms with Crippen LogP contribution in [0.5, 0.6) is 11.5 Å². The Labute approximate surface area is 291 Å². The van der Waals surface area contributed by atoms with Crippen LogP contribution < -0.4 is 10.0 Å². The number of phenols is 1. The first-order valence-electron chi connectivity index (χ1n) is 14.5. The zero-order valence-electron chi connectivity index (χ0n) is 27.3. The van der Waals surface area contributed by atoms with Crippen LogP contribution in [0.2, 0.25) is 0 Å². The van der Waals surface area contributed by atoms with Gasteiger partial charge in [0.25, 0.3) is 28.5 Å². The van der Waals surface area contributed by atoms with Crippen molar-refractivity contribution in [3.8, 4) is 11.5 Å². The molecule has 0 fully saturated rings. The topological polar surface area (TPSA) is 316 Å². The third-order valence-corrected chi connectivity index (χ3v) is 6.76. The summed E-state index contributed by atoms with van der Waals surface area (Å²) in [6.45, 7) is 3.91. The van der Waals surface area contributed by atoms with Crippen LogP contribution in [-0.4, -0.2) is 61.9 Å². The summed E-state index contributed by atoms with van der Waals surface area (Å²) in [6, 6.07) is 20.6. The van der Waals surface area contributed by atoms with Gasteiger partial charge in [-0.15, -0.1) is 0 Å². The van der Waals surface area contributed by atoms with Crippen molar-refractivity contribution in [2.45, 2.75) is 13.0 Å². The second-order valence-corrected chi connectivity index (χ2v) is 10.7. The molecule has 0 saturated carbocycles. The first-order chi connectivity index (χ1) is 24.4. The number of nitrogens with one attached hydrogen (secondary N) is 1. The first kappa shape index (κ1) is 41.0. The van der Waals surface area contributed by atoms with Gasteiger partial charge in [0.2, 0.25) is 0 Å². The minimum atomic E-state index is -1.46. The first-order valence-corrected chi connectivity index (χ1v) is 14.5. The summed E-state index contributed by atoms with van der Waals surface area (Å²) in [5.74, 6) is -2.67. The van der Waals surface area contributed by atoms with Gasteiger partial charge in [-0.05, 0) is 23.6 Å². The Morgan fingerprint density at radius 2 is 1.04 bits per heavy atom. The van der Waals surface area contributed by atoms with Gasteiger partial charge in [0.15, 0.2) is 0 Å². The van der Waals surface area contributed by atoms with Gasteiger partial charge in [-0.3, -0.25) is 60.7 Å². The van der Waals surface area contributed by atoms with Crippen molar-refractivity contribution < 1.29 is 49.4 Å². The van der Waals surface area contributed by atoms with E-state index in [0.29, 0.717) is 24.3 Å². The monoisotopic (exact) mass is 727 g/mol. The molecule has 4 aromatic rings. The molecular formula is C30H29N7O15. The molecule has 52 heavy (non-hydrogen) atoms. The number of ether oxygens (including phenoxy) is 1. The molecule has 2 N–H and O–H groups in total. The highest BCUT2D eigenvalue weighted by Gasteiger charge is 2.30. The highest BCUT2D eigenvalue weighted by Crippen LogP contribution is 2.39. The number of benzene rings is 4. The third-order valence-electron chi connectivity index (χ3n) is 6.76. The lowest BCUT2D eigenvalue weighted by Crippen LogP contribution is -3.06. The van der Waals surface area contributed by atoms with E-state index >= 15 is 0 Å². The predicted octanol–water partition coefficient (Wildman–Crippen LogP) is 3.85. The molecule has 0 spiro atoms. The minimum absolute atomic E-state index is 0.0248. The fourth-order valence-corrected chi connectivity index (χ4v) is 4.19. The number of nitrogens with zero attached hydrogens (tertiary/aromatic N) is 6. The number of hydrogen-bond donors (Lipinski definition) is 2. The lowest BCUT2D eigenvalue weighted by molar-refractivity contribution is -0.858. The molecule has 4 aromatic carbocycles. The summed E-state index contributed by atoms with van der Waals surface area (Å²) in [6.07, 6.45) is 0.0248. The fourth-order valence-electron chi connectivity index (χ4n) is 4.19. The van der Waals surface area contributed by atoms with E-state index in [0.717, 1.165) is 13.2 Å². The van der Waals surface area contributed by atoms with E-state index in [1.807, 2.05) is 6.07 Å². The van der Waals surface area contributed by atoms with Crippen LogP contribution in [0.3, 0.4) is 0 Å². The molecule has 0 aliphatic heterocycles. The fraction of sp³-hybridized carbons (Fsp3) is 0.200. The molecule has 22 nitrogen and oxygen atoms in total.